The SMILES string of the molecule is Cc1ccc(C(=O)NCc2ccnc(-n3ccnc3)c2)cc1[N+](=O)[O-]. The maximum atomic E-state index is 12.3. The van der Waals surface area contributed by atoms with Crippen molar-refractivity contribution in [2.75, 3.05) is 0 Å². The van der Waals surface area contributed by atoms with Crippen LogP contribution in [0, 0.1) is 17.0 Å². The molecule has 3 aromatic rings. The van der Waals surface area contributed by atoms with Crippen molar-refractivity contribution >= 4 is 11.6 Å². The van der Waals surface area contributed by atoms with E-state index in [-0.39, 0.29) is 23.7 Å². The van der Waals surface area contributed by atoms with Crippen LogP contribution in [-0.4, -0.2) is 25.4 Å². The Morgan fingerprint density at radius 2 is 2.12 bits per heavy atom. The summed E-state index contributed by atoms with van der Waals surface area (Å²) in [6, 6.07) is 8.05. The van der Waals surface area contributed by atoms with Crippen LogP contribution >= 0.6 is 0 Å². The lowest BCUT2D eigenvalue weighted by Crippen LogP contribution is -2.23. The molecule has 0 aliphatic heterocycles. The topological polar surface area (TPSA) is 103 Å². The van der Waals surface area contributed by atoms with Gasteiger partial charge in [-0.2, -0.15) is 0 Å². The highest BCUT2D eigenvalue weighted by Crippen LogP contribution is 2.19. The lowest BCUT2D eigenvalue weighted by molar-refractivity contribution is -0.385. The summed E-state index contributed by atoms with van der Waals surface area (Å²) in [7, 11) is 0. The molecule has 1 N–H and O–H groups in total. The molecule has 0 saturated heterocycles. The number of rotatable bonds is 5. The molecule has 8 heteroatoms. The van der Waals surface area contributed by atoms with Gasteiger partial charge < -0.3 is 5.32 Å². The first-order valence-corrected chi connectivity index (χ1v) is 7.51. The van der Waals surface area contributed by atoms with Crippen molar-refractivity contribution in [2.45, 2.75) is 13.5 Å². The van der Waals surface area contributed by atoms with Gasteiger partial charge in [-0.25, -0.2) is 9.97 Å². The van der Waals surface area contributed by atoms with Crippen LogP contribution in [0.4, 0.5) is 5.69 Å². The zero-order valence-electron chi connectivity index (χ0n) is 13.4. The monoisotopic (exact) mass is 337 g/mol. The molecule has 1 aromatic carbocycles. The maximum absolute atomic E-state index is 12.3. The standard InChI is InChI=1S/C17H15N5O3/c1-12-2-3-14(9-15(12)22(24)25)17(23)20-10-13-4-5-19-16(8-13)21-7-6-18-11-21/h2-9,11H,10H2,1H3,(H,20,23). The van der Waals surface area contributed by atoms with Gasteiger partial charge in [0.1, 0.15) is 12.1 Å². The summed E-state index contributed by atoms with van der Waals surface area (Å²) in [4.78, 5) is 31.0. The van der Waals surface area contributed by atoms with Crippen LogP contribution in [0.15, 0.2) is 55.2 Å². The van der Waals surface area contributed by atoms with E-state index in [1.165, 1.54) is 6.07 Å². The summed E-state index contributed by atoms with van der Waals surface area (Å²) in [5.41, 5.74) is 1.55. The molecular weight excluding hydrogens is 322 g/mol. The third-order valence-corrected chi connectivity index (χ3v) is 3.70. The molecule has 1 amide bonds. The van der Waals surface area contributed by atoms with E-state index in [0.717, 1.165) is 5.56 Å². The van der Waals surface area contributed by atoms with Gasteiger partial charge in [0.05, 0.1) is 4.92 Å². The van der Waals surface area contributed by atoms with Crippen LogP contribution in [-0.2, 0) is 6.54 Å². The van der Waals surface area contributed by atoms with Crippen LogP contribution in [0.2, 0.25) is 0 Å². The highest BCUT2D eigenvalue weighted by atomic mass is 16.6. The largest absolute Gasteiger partial charge is 0.348 e. The molecule has 0 fully saturated rings. The van der Waals surface area contributed by atoms with Crippen LogP contribution < -0.4 is 5.32 Å². The number of imidazole rings is 1. The predicted octanol–water partition coefficient (Wildman–Crippen LogP) is 2.41. The molecule has 0 unspecified atom stereocenters. The fourth-order valence-electron chi connectivity index (χ4n) is 2.34. The molecule has 0 bridgehead atoms. The van der Waals surface area contributed by atoms with Crippen molar-refractivity contribution in [3.63, 3.8) is 0 Å². The Balaban J connectivity index is 1.72. The molecule has 8 nitrogen and oxygen atoms in total. The van der Waals surface area contributed by atoms with Crippen LogP contribution in [0.5, 0.6) is 0 Å². The second kappa shape index (κ2) is 6.91. The normalized spacial score (nSPS) is 10.4. The number of nitrogens with zero attached hydrogens (tertiary/aromatic N) is 4. The molecule has 25 heavy (non-hydrogen) atoms. The summed E-state index contributed by atoms with van der Waals surface area (Å²) in [6.45, 7) is 1.92. The minimum Gasteiger partial charge on any atom is -0.348 e. The number of nitro benzene ring substituents is 1. The minimum absolute atomic E-state index is 0.0704. The molecule has 3 rings (SSSR count). The van der Waals surface area contributed by atoms with E-state index in [1.807, 2.05) is 6.07 Å². The van der Waals surface area contributed by atoms with E-state index in [2.05, 4.69) is 15.3 Å². The first kappa shape index (κ1) is 16.3. The van der Waals surface area contributed by atoms with Gasteiger partial charge in [0.15, 0.2) is 0 Å². The van der Waals surface area contributed by atoms with Gasteiger partial charge in [0.2, 0.25) is 0 Å². The van der Waals surface area contributed by atoms with Crippen LogP contribution in [0.25, 0.3) is 5.82 Å². The Morgan fingerprint density at radius 3 is 2.84 bits per heavy atom. The third kappa shape index (κ3) is 3.69. The lowest BCUT2D eigenvalue weighted by Gasteiger charge is -2.08. The van der Waals surface area contributed by atoms with E-state index < -0.39 is 4.92 Å². The zero-order valence-corrected chi connectivity index (χ0v) is 13.4. The van der Waals surface area contributed by atoms with Crippen molar-refractivity contribution in [3.8, 4) is 5.82 Å². The van der Waals surface area contributed by atoms with Gasteiger partial charge in [0.25, 0.3) is 11.6 Å². The number of benzene rings is 1. The number of aryl methyl sites for hydroxylation is 1. The van der Waals surface area contributed by atoms with Crippen LogP contribution in [0.1, 0.15) is 21.5 Å². The average molecular weight is 337 g/mol. The van der Waals surface area contributed by atoms with Gasteiger partial charge in [0, 0.05) is 42.3 Å². The van der Waals surface area contributed by atoms with E-state index in [9.17, 15) is 14.9 Å². The zero-order chi connectivity index (χ0) is 17.8. The smallest absolute Gasteiger partial charge is 0.273 e. The lowest BCUT2D eigenvalue weighted by atomic mass is 10.1. The van der Waals surface area contributed by atoms with Gasteiger partial charge >= 0.3 is 0 Å². The van der Waals surface area contributed by atoms with Gasteiger partial charge in [-0.1, -0.05) is 6.07 Å². The molecule has 0 saturated carbocycles. The fraction of sp³-hybridized carbons (Fsp3) is 0.118. The average Bonchev–Trinajstić information content (AvgIpc) is 3.15. The molecule has 126 valence electrons. The van der Waals surface area contributed by atoms with Crippen LogP contribution in [0.3, 0.4) is 0 Å². The van der Waals surface area contributed by atoms with E-state index in [1.54, 1.807) is 54.6 Å². The molecule has 0 spiro atoms. The number of carbonyl (C=O) groups is 1. The Bertz CT molecular complexity index is 922. The van der Waals surface area contributed by atoms with Gasteiger partial charge in [-0.3, -0.25) is 19.5 Å². The predicted molar refractivity (Wildman–Crippen MR) is 90.4 cm³/mol. The number of nitrogens with one attached hydrogen (secondary N) is 1. The van der Waals surface area contributed by atoms with Crippen molar-refractivity contribution in [3.05, 3.63) is 82.1 Å². The Hall–Kier alpha value is -3.55. The molecule has 0 aliphatic rings. The fourth-order valence-corrected chi connectivity index (χ4v) is 2.34. The molecule has 2 heterocycles. The summed E-state index contributed by atoms with van der Waals surface area (Å²) in [6.07, 6.45) is 6.71. The van der Waals surface area contributed by atoms with Gasteiger partial charge in [-0.15, -0.1) is 0 Å². The van der Waals surface area contributed by atoms with Crippen molar-refractivity contribution in [2.24, 2.45) is 0 Å². The number of carbonyl (C=O) groups excluding carboxylic acids is 1. The highest BCUT2D eigenvalue weighted by Gasteiger charge is 2.14. The second-order valence-electron chi connectivity index (χ2n) is 5.43. The van der Waals surface area contributed by atoms with Crippen molar-refractivity contribution in [1.29, 1.82) is 0 Å². The highest BCUT2D eigenvalue weighted by molar-refractivity contribution is 5.94. The molecule has 2 aromatic heterocycles. The molecule has 0 aliphatic carbocycles. The number of pyridine rings is 1. The number of hydrogen-bond acceptors (Lipinski definition) is 5. The number of nitro groups is 1. The van der Waals surface area contributed by atoms with Gasteiger partial charge in [-0.05, 0) is 30.7 Å². The Labute approximate surface area is 143 Å². The number of aromatic nitrogens is 3. The third-order valence-electron chi connectivity index (χ3n) is 3.70. The Morgan fingerprint density at radius 1 is 1.28 bits per heavy atom. The van der Waals surface area contributed by atoms with E-state index in [0.29, 0.717) is 11.4 Å². The molecular formula is C17H15N5O3. The summed E-state index contributed by atoms with van der Waals surface area (Å²) in [5, 5.41) is 13.7. The maximum Gasteiger partial charge on any atom is 0.273 e. The quantitative estimate of drug-likeness (QED) is 0.569. The van der Waals surface area contributed by atoms with E-state index >= 15 is 0 Å². The second-order valence-corrected chi connectivity index (χ2v) is 5.43. The minimum atomic E-state index is -0.494. The van der Waals surface area contributed by atoms with Crippen molar-refractivity contribution < 1.29 is 9.72 Å². The summed E-state index contributed by atoms with van der Waals surface area (Å²) >= 11 is 0. The summed E-state index contributed by atoms with van der Waals surface area (Å²) in [5.74, 6) is 0.319. The number of hydrogen-bond donors (Lipinski definition) is 1. The first-order chi connectivity index (χ1) is 12.0. The van der Waals surface area contributed by atoms with Crippen molar-refractivity contribution in [1.82, 2.24) is 19.9 Å². The molecule has 0 radical (unpaired) electrons. The number of amides is 1. The summed E-state index contributed by atoms with van der Waals surface area (Å²) < 4.78 is 1.76. The molecule has 0 atom stereocenters. The van der Waals surface area contributed by atoms with E-state index in [4.69, 9.17) is 0 Å². The first-order valence-electron chi connectivity index (χ1n) is 7.51. The Kier molecular flexibility index (Phi) is 4.51.